The molecule has 5 rings (SSSR count). The number of anilines is 1. The van der Waals surface area contributed by atoms with Crippen LogP contribution in [0.1, 0.15) is 30.0 Å². The summed E-state index contributed by atoms with van der Waals surface area (Å²) in [6.07, 6.45) is 4.10. The van der Waals surface area contributed by atoms with Gasteiger partial charge in [-0.25, -0.2) is 9.37 Å². The number of halogens is 1. The summed E-state index contributed by atoms with van der Waals surface area (Å²) in [6.45, 7) is 2.93. The van der Waals surface area contributed by atoms with Gasteiger partial charge in [0.1, 0.15) is 11.5 Å². The first-order valence-corrected chi connectivity index (χ1v) is 8.93. The third-order valence-corrected chi connectivity index (χ3v) is 5.63. The highest BCUT2D eigenvalue weighted by Gasteiger charge is 2.28. The predicted molar refractivity (Wildman–Crippen MR) is 98.4 cm³/mol. The first-order chi connectivity index (χ1) is 12.2. The average molecular weight is 336 g/mol. The molecule has 128 valence electrons. The quantitative estimate of drug-likeness (QED) is 0.711. The zero-order valence-corrected chi connectivity index (χ0v) is 14.3. The number of benzene rings is 1. The Balaban J connectivity index is 1.78. The summed E-state index contributed by atoms with van der Waals surface area (Å²) in [5, 5.41) is 4.60. The number of pyridine rings is 1. The molecule has 3 aromatic rings. The Labute approximate surface area is 146 Å². The van der Waals surface area contributed by atoms with E-state index in [1.807, 2.05) is 18.3 Å². The molecule has 25 heavy (non-hydrogen) atoms. The minimum Gasteiger partial charge on any atom is -0.370 e. The Morgan fingerprint density at radius 2 is 2.00 bits per heavy atom. The van der Waals surface area contributed by atoms with Crippen LogP contribution < -0.4 is 10.2 Å². The van der Waals surface area contributed by atoms with Crippen molar-refractivity contribution < 1.29 is 4.39 Å². The van der Waals surface area contributed by atoms with E-state index in [1.54, 1.807) is 12.1 Å². The molecule has 0 atom stereocenters. The predicted octanol–water partition coefficient (Wildman–Crippen LogP) is 3.79. The van der Waals surface area contributed by atoms with Crippen LogP contribution >= 0.6 is 0 Å². The van der Waals surface area contributed by atoms with E-state index in [0.29, 0.717) is 5.92 Å². The maximum absolute atomic E-state index is 14.0. The molecule has 1 fully saturated rings. The summed E-state index contributed by atoms with van der Waals surface area (Å²) < 4.78 is 14.0. The molecule has 0 radical (unpaired) electrons. The summed E-state index contributed by atoms with van der Waals surface area (Å²) in [4.78, 5) is 10.4. The second kappa shape index (κ2) is 5.56. The molecule has 1 saturated heterocycles. The van der Waals surface area contributed by atoms with E-state index >= 15 is 0 Å². The Morgan fingerprint density at radius 1 is 1.16 bits per heavy atom. The second-order valence-corrected chi connectivity index (χ2v) is 7.14. The van der Waals surface area contributed by atoms with Gasteiger partial charge in [-0.2, -0.15) is 0 Å². The summed E-state index contributed by atoms with van der Waals surface area (Å²) >= 11 is 0. The highest BCUT2D eigenvalue weighted by molar-refractivity contribution is 6.01. The van der Waals surface area contributed by atoms with Crippen molar-refractivity contribution in [3.8, 4) is 11.1 Å². The van der Waals surface area contributed by atoms with Crippen LogP contribution in [0, 0.1) is 5.82 Å². The first kappa shape index (κ1) is 14.9. The van der Waals surface area contributed by atoms with E-state index in [0.717, 1.165) is 60.3 Å². The normalized spacial score (nSPS) is 17.6. The van der Waals surface area contributed by atoms with Crippen LogP contribution in [0.5, 0.6) is 0 Å². The molecule has 5 heteroatoms. The molecular weight excluding hydrogens is 315 g/mol. The van der Waals surface area contributed by atoms with Crippen molar-refractivity contribution in [2.75, 3.05) is 25.0 Å². The molecule has 0 saturated carbocycles. The van der Waals surface area contributed by atoms with Crippen molar-refractivity contribution in [3.05, 3.63) is 47.5 Å². The smallest absolute Gasteiger partial charge is 0.138 e. The molecule has 2 aliphatic heterocycles. The Bertz CT molecular complexity index is 956. The van der Waals surface area contributed by atoms with Gasteiger partial charge in [0, 0.05) is 53.6 Å². The van der Waals surface area contributed by atoms with Crippen LogP contribution in [0.3, 0.4) is 0 Å². The monoisotopic (exact) mass is 336 g/mol. The number of nitrogens with zero attached hydrogens (tertiary/aromatic N) is 2. The van der Waals surface area contributed by atoms with Gasteiger partial charge in [0.25, 0.3) is 0 Å². The van der Waals surface area contributed by atoms with Crippen molar-refractivity contribution in [1.29, 1.82) is 0 Å². The van der Waals surface area contributed by atoms with Crippen molar-refractivity contribution in [1.82, 2.24) is 15.3 Å². The number of aromatic nitrogens is 2. The topological polar surface area (TPSA) is 44.0 Å². The van der Waals surface area contributed by atoms with Gasteiger partial charge in [-0.3, -0.25) is 0 Å². The zero-order valence-electron chi connectivity index (χ0n) is 14.3. The third kappa shape index (κ3) is 2.26. The van der Waals surface area contributed by atoms with Gasteiger partial charge in [-0.15, -0.1) is 0 Å². The van der Waals surface area contributed by atoms with Gasteiger partial charge in [-0.05, 0) is 55.8 Å². The minimum absolute atomic E-state index is 0.199. The molecule has 0 amide bonds. The lowest BCUT2D eigenvalue weighted by atomic mass is 9.91. The number of nitrogens with one attached hydrogen (secondary N) is 2. The van der Waals surface area contributed by atoms with Crippen LogP contribution in [0.2, 0.25) is 0 Å². The molecule has 4 nitrogen and oxygen atoms in total. The van der Waals surface area contributed by atoms with Crippen molar-refractivity contribution in [2.45, 2.75) is 25.3 Å². The number of hydrogen-bond donors (Lipinski definition) is 2. The number of hydrogen-bond acceptors (Lipinski definition) is 3. The van der Waals surface area contributed by atoms with Crippen LogP contribution in [0.25, 0.3) is 22.2 Å². The van der Waals surface area contributed by atoms with Crippen LogP contribution in [0.4, 0.5) is 10.1 Å². The number of H-pyrrole nitrogens is 1. The molecule has 2 N–H and O–H groups in total. The van der Waals surface area contributed by atoms with Gasteiger partial charge in [0.15, 0.2) is 0 Å². The summed E-state index contributed by atoms with van der Waals surface area (Å²) in [5.74, 6) is 0.333. The molecule has 0 spiro atoms. The molecular formula is C20H21FN4. The number of piperidine rings is 1. The second-order valence-electron chi connectivity index (χ2n) is 7.14. The number of rotatable bonds is 1. The van der Waals surface area contributed by atoms with Crippen molar-refractivity contribution in [3.63, 3.8) is 0 Å². The fourth-order valence-corrected chi connectivity index (χ4v) is 4.43. The van der Waals surface area contributed by atoms with E-state index in [2.05, 4.69) is 27.2 Å². The summed E-state index contributed by atoms with van der Waals surface area (Å²) in [6, 6.07) is 7.09. The highest BCUT2D eigenvalue weighted by Crippen LogP contribution is 2.43. The fraction of sp³-hybridized carbons (Fsp3) is 0.350. The SMILES string of the molecule is CN1Cc2c(C3CCNCC3)[nH]c3nccc(c23)-c2cc(F)ccc21. The van der Waals surface area contributed by atoms with E-state index < -0.39 is 0 Å². The van der Waals surface area contributed by atoms with E-state index in [4.69, 9.17) is 0 Å². The van der Waals surface area contributed by atoms with E-state index in [9.17, 15) is 4.39 Å². The Kier molecular flexibility index (Phi) is 3.31. The lowest BCUT2D eigenvalue weighted by Gasteiger charge is -2.25. The van der Waals surface area contributed by atoms with E-state index in [-0.39, 0.29) is 5.82 Å². The highest BCUT2D eigenvalue weighted by atomic mass is 19.1. The fourth-order valence-electron chi connectivity index (χ4n) is 4.43. The van der Waals surface area contributed by atoms with Crippen LogP contribution in [0.15, 0.2) is 30.5 Å². The maximum atomic E-state index is 14.0. The molecule has 4 heterocycles. The Morgan fingerprint density at radius 3 is 2.84 bits per heavy atom. The van der Waals surface area contributed by atoms with Gasteiger partial charge in [0.2, 0.25) is 0 Å². The Hall–Kier alpha value is -2.40. The average Bonchev–Trinajstić information content (AvgIpc) is 2.95. The molecule has 1 aromatic carbocycles. The van der Waals surface area contributed by atoms with Crippen LogP contribution in [-0.4, -0.2) is 30.1 Å². The molecule has 2 aliphatic rings. The molecule has 0 bridgehead atoms. The third-order valence-electron chi connectivity index (χ3n) is 5.63. The van der Waals surface area contributed by atoms with Gasteiger partial charge >= 0.3 is 0 Å². The summed E-state index contributed by atoms with van der Waals surface area (Å²) in [5.41, 5.74) is 6.66. The lowest BCUT2D eigenvalue weighted by Crippen LogP contribution is -2.27. The van der Waals surface area contributed by atoms with Gasteiger partial charge in [-0.1, -0.05) is 0 Å². The number of fused-ring (bicyclic) bond motifs is 2. The number of aromatic amines is 1. The van der Waals surface area contributed by atoms with Crippen LogP contribution in [-0.2, 0) is 6.54 Å². The zero-order chi connectivity index (χ0) is 17.0. The molecule has 0 aliphatic carbocycles. The van der Waals surface area contributed by atoms with Crippen molar-refractivity contribution in [2.24, 2.45) is 0 Å². The molecule has 2 aromatic heterocycles. The van der Waals surface area contributed by atoms with Crippen molar-refractivity contribution >= 4 is 16.7 Å². The summed E-state index contributed by atoms with van der Waals surface area (Å²) in [7, 11) is 2.08. The minimum atomic E-state index is -0.199. The first-order valence-electron chi connectivity index (χ1n) is 8.93. The lowest BCUT2D eigenvalue weighted by molar-refractivity contribution is 0.452. The largest absolute Gasteiger partial charge is 0.370 e. The standard InChI is InChI=1S/C20H21FN4/c1-25-11-16-18-14(15-10-13(21)2-3-17(15)25)6-9-23-20(18)24-19(16)12-4-7-22-8-5-12/h2-3,6,9-10,12,22H,4-5,7-8,11H2,1H3,(H,23,24). The van der Waals surface area contributed by atoms with Gasteiger partial charge < -0.3 is 15.2 Å². The van der Waals surface area contributed by atoms with E-state index in [1.165, 1.54) is 11.3 Å². The van der Waals surface area contributed by atoms with Gasteiger partial charge in [0.05, 0.1) is 0 Å². The maximum Gasteiger partial charge on any atom is 0.138 e. The molecule has 0 unspecified atom stereocenters.